The first-order valence-corrected chi connectivity index (χ1v) is 8.77. The summed E-state index contributed by atoms with van der Waals surface area (Å²) in [6, 6.07) is 0. The van der Waals surface area contributed by atoms with E-state index in [2.05, 4.69) is 20.8 Å². The average molecular weight is 290 g/mol. The van der Waals surface area contributed by atoms with Crippen molar-refractivity contribution in [1.82, 2.24) is 0 Å². The molecular formula is C19H30O2. The van der Waals surface area contributed by atoms with E-state index in [1.54, 1.807) is 0 Å². The highest BCUT2D eigenvalue weighted by molar-refractivity contribution is 5.93. The minimum atomic E-state index is -0.225. The number of carbonyl (C=O) groups is 1. The maximum atomic E-state index is 12.0. The van der Waals surface area contributed by atoms with Crippen LogP contribution in [0.2, 0.25) is 0 Å². The van der Waals surface area contributed by atoms with Gasteiger partial charge in [0.25, 0.3) is 0 Å². The van der Waals surface area contributed by atoms with Crippen molar-refractivity contribution in [2.75, 3.05) is 0 Å². The van der Waals surface area contributed by atoms with Crippen LogP contribution in [-0.2, 0) is 4.79 Å². The number of aliphatic hydroxyl groups is 1. The van der Waals surface area contributed by atoms with E-state index in [0.29, 0.717) is 17.6 Å². The summed E-state index contributed by atoms with van der Waals surface area (Å²) in [6.07, 6.45) is 7.46. The van der Waals surface area contributed by atoms with Gasteiger partial charge < -0.3 is 5.11 Å². The van der Waals surface area contributed by atoms with Gasteiger partial charge in [-0.2, -0.15) is 0 Å². The summed E-state index contributed by atoms with van der Waals surface area (Å²) in [5, 5.41) is 10.3. The highest BCUT2D eigenvalue weighted by Gasteiger charge is 2.51. The fourth-order valence-corrected chi connectivity index (χ4v) is 5.45. The van der Waals surface area contributed by atoms with Crippen LogP contribution < -0.4 is 0 Å². The summed E-state index contributed by atoms with van der Waals surface area (Å²) < 4.78 is 0. The molecule has 0 spiro atoms. The van der Waals surface area contributed by atoms with Crippen LogP contribution >= 0.6 is 0 Å². The molecule has 0 aliphatic heterocycles. The molecule has 3 aliphatic rings. The van der Waals surface area contributed by atoms with Crippen molar-refractivity contribution in [1.29, 1.82) is 0 Å². The molecule has 2 heteroatoms. The van der Waals surface area contributed by atoms with Gasteiger partial charge in [-0.3, -0.25) is 4.79 Å². The van der Waals surface area contributed by atoms with Crippen LogP contribution in [0.5, 0.6) is 0 Å². The summed E-state index contributed by atoms with van der Waals surface area (Å²) in [5.74, 6) is 3.22. The van der Waals surface area contributed by atoms with E-state index in [4.69, 9.17) is 0 Å². The van der Waals surface area contributed by atoms with Gasteiger partial charge in [0, 0.05) is 5.92 Å². The average Bonchev–Trinajstić information content (AvgIpc) is 2.44. The number of hydrogen-bond donors (Lipinski definition) is 1. The van der Waals surface area contributed by atoms with Gasteiger partial charge in [0.05, 0.1) is 6.10 Å². The molecule has 3 rings (SSSR count). The number of ketones is 1. The van der Waals surface area contributed by atoms with Gasteiger partial charge in [-0.15, -0.1) is 0 Å². The molecule has 0 aromatic rings. The topological polar surface area (TPSA) is 37.3 Å². The Balaban J connectivity index is 1.86. The molecule has 21 heavy (non-hydrogen) atoms. The van der Waals surface area contributed by atoms with Gasteiger partial charge in [-0.1, -0.05) is 26.3 Å². The summed E-state index contributed by atoms with van der Waals surface area (Å²) in [7, 11) is 0. The first-order chi connectivity index (χ1) is 9.84. The largest absolute Gasteiger partial charge is 0.393 e. The number of aliphatic hydroxyl groups excluding tert-OH is 1. The van der Waals surface area contributed by atoms with Crippen LogP contribution in [0.4, 0.5) is 0 Å². The molecule has 118 valence electrons. The maximum Gasteiger partial charge on any atom is 0.158 e. The van der Waals surface area contributed by atoms with Gasteiger partial charge in [-0.05, 0) is 74.2 Å². The Labute approximate surface area is 129 Å². The van der Waals surface area contributed by atoms with E-state index in [0.717, 1.165) is 31.1 Å². The van der Waals surface area contributed by atoms with Crippen molar-refractivity contribution in [3.05, 3.63) is 11.6 Å². The fourth-order valence-electron chi connectivity index (χ4n) is 5.45. The molecule has 2 saturated carbocycles. The molecule has 0 heterocycles. The lowest BCUT2D eigenvalue weighted by molar-refractivity contribution is -0.120. The minimum Gasteiger partial charge on any atom is -0.393 e. The molecule has 0 radical (unpaired) electrons. The molecule has 2 nitrogen and oxygen atoms in total. The van der Waals surface area contributed by atoms with Crippen molar-refractivity contribution in [3.63, 3.8) is 0 Å². The quantitative estimate of drug-likeness (QED) is 0.793. The Morgan fingerprint density at radius 1 is 1.29 bits per heavy atom. The lowest BCUT2D eigenvalue weighted by Gasteiger charge is -2.55. The second kappa shape index (κ2) is 5.22. The lowest BCUT2D eigenvalue weighted by atomic mass is 9.50. The monoisotopic (exact) mass is 290 g/mol. The molecule has 0 amide bonds. The highest BCUT2D eigenvalue weighted by atomic mass is 16.3. The standard InChI is InChI=1S/C19H30O2/c1-11-9-17-14(10-18(11)21)5-6-15-12(2)19(4,13(3)20)8-7-16(15)17/h10-13,15-17,20H,5-9H2,1-4H3/t11?,12?,13-,15?,16?,17?,19?/m0/s1. The predicted molar refractivity (Wildman–Crippen MR) is 84.8 cm³/mol. The first-order valence-electron chi connectivity index (χ1n) is 8.77. The summed E-state index contributed by atoms with van der Waals surface area (Å²) >= 11 is 0. The smallest absolute Gasteiger partial charge is 0.158 e. The predicted octanol–water partition coefficient (Wildman–Crippen LogP) is 3.98. The van der Waals surface area contributed by atoms with Gasteiger partial charge in [-0.25, -0.2) is 0 Å². The zero-order chi connectivity index (χ0) is 15.4. The second-order valence-electron chi connectivity index (χ2n) is 8.24. The Morgan fingerprint density at radius 2 is 2.00 bits per heavy atom. The lowest BCUT2D eigenvalue weighted by Crippen LogP contribution is -2.50. The first kappa shape index (κ1) is 15.3. The minimum absolute atomic E-state index is 0.0679. The summed E-state index contributed by atoms with van der Waals surface area (Å²) in [6.45, 7) is 8.68. The van der Waals surface area contributed by atoms with Gasteiger partial charge in [0.2, 0.25) is 0 Å². The molecule has 2 fully saturated rings. The third kappa shape index (κ3) is 2.30. The Kier molecular flexibility index (Phi) is 3.80. The third-order valence-corrected chi connectivity index (χ3v) is 7.38. The SMILES string of the molecule is CC1CC2C(=CC1=O)CCC1C2CCC(C)([C@H](C)O)C1C. The molecule has 0 saturated heterocycles. The number of carbonyl (C=O) groups excluding carboxylic acids is 1. The number of fused-ring (bicyclic) bond motifs is 3. The van der Waals surface area contributed by atoms with E-state index < -0.39 is 0 Å². The van der Waals surface area contributed by atoms with Gasteiger partial charge in [0.1, 0.15) is 0 Å². The summed E-state index contributed by atoms with van der Waals surface area (Å²) in [5.41, 5.74) is 1.51. The molecule has 3 aliphatic carbocycles. The number of hydrogen-bond acceptors (Lipinski definition) is 2. The Morgan fingerprint density at radius 3 is 2.67 bits per heavy atom. The molecular weight excluding hydrogens is 260 g/mol. The Hall–Kier alpha value is -0.630. The van der Waals surface area contributed by atoms with Crippen LogP contribution in [0, 0.1) is 35.0 Å². The highest BCUT2D eigenvalue weighted by Crippen LogP contribution is 2.57. The zero-order valence-electron chi connectivity index (χ0n) is 13.9. The van der Waals surface area contributed by atoms with Crippen molar-refractivity contribution >= 4 is 5.78 Å². The fraction of sp³-hybridized carbons (Fsp3) is 0.842. The molecule has 0 aromatic heterocycles. The normalized spacial score (nSPS) is 48.1. The van der Waals surface area contributed by atoms with Crippen LogP contribution in [0.25, 0.3) is 0 Å². The molecule has 6 unspecified atom stereocenters. The van der Waals surface area contributed by atoms with E-state index >= 15 is 0 Å². The zero-order valence-corrected chi connectivity index (χ0v) is 13.9. The van der Waals surface area contributed by atoms with Crippen molar-refractivity contribution < 1.29 is 9.90 Å². The Bertz CT molecular complexity index is 464. The molecule has 1 N–H and O–H groups in total. The number of rotatable bonds is 1. The third-order valence-electron chi connectivity index (χ3n) is 7.38. The van der Waals surface area contributed by atoms with E-state index in [1.165, 1.54) is 18.4 Å². The van der Waals surface area contributed by atoms with Crippen molar-refractivity contribution in [2.24, 2.45) is 35.0 Å². The van der Waals surface area contributed by atoms with Gasteiger partial charge >= 0.3 is 0 Å². The van der Waals surface area contributed by atoms with Crippen LogP contribution in [-0.4, -0.2) is 17.0 Å². The maximum absolute atomic E-state index is 12.0. The second-order valence-corrected chi connectivity index (χ2v) is 8.24. The summed E-state index contributed by atoms with van der Waals surface area (Å²) in [4.78, 5) is 12.0. The molecule has 0 aromatic carbocycles. The van der Waals surface area contributed by atoms with Gasteiger partial charge in [0.15, 0.2) is 5.78 Å². The van der Waals surface area contributed by atoms with Crippen molar-refractivity contribution in [2.45, 2.75) is 65.9 Å². The van der Waals surface area contributed by atoms with Crippen LogP contribution in [0.3, 0.4) is 0 Å². The number of allylic oxidation sites excluding steroid dienone is 2. The van der Waals surface area contributed by atoms with E-state index in [1.807, 2.05) is 13.0 Å². The van der Waals surface area contributed by atoms with Crippen molar-refractivity contribution in [3.8, 4) is 0 Å². The van der Waals surface area contributed by atoms with Crippen LogP contribution in [0.15, 0.2) is 11.6 Å². The van der Waals surface area contributed by atoms with E-state index in [-0.39, 0.29) is 17.4 Å². The van der Waals surface area contributed by atoms with E-state index in [9.17, 15) is 9.90 Å². The van der Waals surface area contributed by atoms with Crippen LogP contribution in [0.1, 0.15) is 59.8 Å². The molecule has 0 bridgehead atoms. The molecule has 7 atom stereocenters.